The molecule has 7 heteroatoms. The normalized spacial score (nSPS) is 27.9. The van der Waals surface area contributed by atoms with Crippen LogP contribution in [-0.2, 0) is 16.1 Å². The van der Waals surface area contributed by atoms with Gasteiger partial charge in [0.15, 0.2) is 0 Å². The fourth-order valence-electron chi connectivity index (χ4n) is 3.96. The van der Waals surface area contributed by atoms with Crippen molar-refractivity contribution in [3.63, 3.8) is 0 Å². The van der Waals surface area contributed by atoms with Crippen LogP contribution >= 0.6 is 0 Å². The van der Waals surface area contributed by atoms with Crippen LogP contribution in [0.5, 0.6) is 0 Å². The fraction of sp³-hybridized carbons (Fsp3) is 0.750. The fourth-order valence-corrected chi connectivity index (χ4v) is 3.96. The zero-order chi connectivity index (χ0) is 15.9. The van der Waals surface area contributed by atoms with Crippen molar-refractivity contribution in [1.29, 1.82) is 0 Å². The van der Waals surface area contributed by atoms with Crippen LogP contribution in [0.2, 0.25) is 0 Å². The molecule has 0 radical (unpaired) electrons. The Bertz CT molecular complexity index is 598. The average molecular weight is 317 g/mol. The number of nitrogens with zero attached hydrogens (tertiary/aromatic N) is 5. The van der Waals surface area contributed by atoms with Gasteiger partial charge in [-0.25, -0.2) is 4.68 Å². The second-order valence-electron chi connectivity index (χ2n) is 7.24. The van der Waals surface area contributed by atoms with Crippen LogP contribution < -0.4 is 0 Å². The first-order chi connectivity index (χ1) is 11.2. The van der Waals surface area contributed by atoms with Gasteiger partial charge in [-0.2, -0.15) is 0 Å². The maximum absolute atomic E-state index is 13.0. The molecule has 3 fully saturated rings. The summed E-state index contributed by atoms with van der Waals surface area (Å²) in [7, 11) is 0. The average Bonchev–Trinajstić information content (AvgIpc) is 3.03. The SMILES string of the molecule is O=C(Cn1ccnn1)N1CC[C@@]2(CCCN(CC3CC3)C2=O)C1. The topological polar surface area (TPSA) is 71.3 Å². The van der Waals surface area contributed by atoms with Crippen molar-refractivity contribution in [1.82, 2.24) is 24.8 Å². The number of carbonyl (C=O) groups is 2. The molecule has 1 aliphatic carbocycles. The molecule has 1 saturated carbocycles. The lowest BCUT2D eigenvalue weighted by molar-refractivity contribution is -0.146. The highest BCUT2D eigenvalue weighted by Gasteiger charge is 2.49. The molecule has 3 heterocycles. The van der Waals surface area contributed by atoms with E-state index >= 15 is 0 Å². The molecule has 0 bridgehead atoms. The first kappa shape index (κ1) is 14.7. The Balaban J connectivity index is 1.41. The van der Waals surface area contributed by atoms with Gasteiger partial charge in [0, 0.05) is 32.4 Å². The number of hydrogen-bond donors (Lipinski definition) is 0. The lowest BCUT2D eigenvalue weighted by Gasteiger charge is -2.39. The molecule has 7 nitrogen and oxygen atoms in total. The third-order valence-corrected chi connectivity index (χ3v) is 5.48. The second kappa shape index (κ2) is 5.62. The van der Waals surface area contributed by atoms with Crippen LogP contribution in [-0.4, -0.2) is 62.8 Å². The minimum absolute atomic E-state index is 0.0273. The summed E-state index contributed by atoms with van der Waals surface area (Å²) in [5.41, 5.74) is -0.328. The largest absolute Gasteiger partial charge is 0.342 e. The number of piperidine rings is 1. The van der Waals surface area contributed by atoms with E-state index in [1.807, 2.05) is 4.90 Å². The standard InChI is InChI=1S/C16H23N5O2/c22-14(11-21-9-6-17-18-21)20-8-5-16(12-20)4-1-7-19(15(16)23)10-13-2-3-13/h6,9,13H,1-5,7-8,10-12H2/t16-/m0/s1. The quantitative estimate of drug-likeness (QED) is 0.812. The van der Waals surface area contributed by atoms with E-state index < -0.39 is 0 Å². The maximum atomic E-state index is 13.0. The van der Waals surface area contributed by atoms with E-state index in [-0.39, 0.29) is 23.8 Å². The van der Waals surface area contributed by atoms with Gasteiger partial charge in [-0.15, -0.1) is 5.10 Å². The van der Waals surface area contributed by atoms with Crippen molar-refractivity contribution in [2.45, 2.75) is 38.6 Å². The molecule has 2 amide bonds. The number of amides is 2. The number of rotatable bonds is 4. The first-order valence-corrected chi connectivity index (χ1v) is 8.58. The predicted octanol–water partition coefficient (Wildman–Crippen LogP) is 0.529. The van der Waals surface area contributed by atoms with E-state index in [2.05, 4.69) is 15.2 Å². The minimum atomic E-state index is -0.328. The Kier molecular flexibility index (Phi) is 3.58. The van der Waals surface area contributed by atoms with Crippen molar-refractivity contribution in [2.75, 3.05) is 26.2 Å². The van der Waals surface area contributed by atoms with Crippen LogP contribution in [0.3, 0.4) is 0 Å². The molecule has 1 aromatic heterocycles. The molecule has 1 aromatic rings. The van der Waals surface area contributed by atoms with Crippen molar-refractivity contribution in [3.8, 4) is 0 Å². The van der Waals surface area contributed by atoms with Gasteiger partial charge in [-0.1, -0.05) is 5.21 Å². The molecule has 1 atom stereocenters. The summed E-state index contributed by atoms with van der Waals surface area (Å²) < 4.78 is 1.54. The molecule has 2 aliphatic heterocycles. The third kappa shape index (κ3) is 2.84. The molecular formula is C16H23N5O2. The van der Waals surface area contributed by atoms with Gasteiger partial charge in [0.05, 0.1) is 11.6 Å². The van der Waals surface area contributed by atoms with E-state index in [9.17, 15) is 9.59 Å². The zero-order valence-electron chi connectivity index (χ0n) is 13.4. The van der Waals surface area contributed by atoms with Gasteiger partial charge in [-0.3, -0.25) is 9.59 Å². The smallest absolute Gasteiger partial charge is 0.244 e. The van der Waals surface area contributed by atoms with Gasteiger partial charge in [0.1, 0.15) is 6.54 Å². The van der Waals surface area contributed by atoms with E-state index in [4.69, 9.17) is 0 Å². The van der Waals surface area contributed by atoms with Crippen molar-refractivity contribution in [3.05, 3.63) is 12.4 Å². The molecular weight excluding hydrogens is 294 g/mol. The van der Waals surface area contributed by atoms with Gasteiger partial charge in [0.25, 0.3) is 0 Å². The molecule has 0 unspecified atom stereocenters. The monoisotopic (exact) mass is 317 g/mol. The summed E-state index contributed by atoms with van der Waals surface area (Å²) in [6.07, 6.45) is 8.56. The molecule has 1 spiro atoms. The van der Waals surface area contributed by atoms with Crippen LogP contribution in [0, 0.1) is 11.3 Å². The van der Waals surface area contributed by atoms with Gasteiger partial charge in [0.2, 0.25) is 11.8 Å². The first-order valence-electron chi connectivity index (χ1n) is 8.58. The Morgan fingerprint density at radius 1 is 1.30 bits per heavy atom. The predicted molar refractivity (Wildman–Crippen MR) is 82.2 cm³/mol. The number of aromatic nitrogens is 3. The summed E-state index contributed by atoms with van der Waals surface area (Å²) in [6.45, 7) is 3.27. The lowest BCUT2D eigenvalue weighted by Crippen LogP contribution is -2.51. The van der Waals surface area contributed by atoms with E-state index in [1.54, 1.807) is 12.4 Å². The van der Waals surface area contributed by atoms with Crippen molar-refractivity contribution in [2.24, 2.45) is 11.3 Å². The maximum Gasteiger partial charge on any atom is 0.244 e. The summed E-state index contributed by atoms with van der Waals surface area (Å²) >= 11 is 0. The van der Waals surface area contributed by atoms with Crippen LogP contribution in [0.4, 0.5) is 0 Å². The molecule has 4 rings (SSSR count). The van der Waals surface area contributed by atoms with Crippen molar-refractivity contribution < 1.29 is 9.59 Å². The summed E-state index contributed by atoms with van der Waals surface area (Å²) in [5.74, 6) is 1.03. The van der Waals surface area contributed by atoms with E-state index in [0.717, 1.165) is 38.3 Å². The van der Waals surface area contributed by atoms with Crippen molar-refractivity contribution >= 4 is 11.8 Å². The Morgan fingerprint density at radius 3 is 2.91 bits per heavy atom. The molecule has 2 saturated heterocycles. The molecule has 0 aromatic carbocycles. The minimum Gasteiger partial charge on any atom is -0.342 e. The Hall–Kier alpha value is -1.92. The van der Waals surface area contributed by atoms with Crippen LogP contribution in [0.1, 0.15) is 32.1 Å². The summed E-state index contributed by atoms with van der Waals surface area (Å²) in [5, 5.41) is 7.56. The highest BCUT2D eigenvalue weighted by molar-refractivity contribution is 5.86. The Morgan fingerprint density at radius 2 is 2.17 bits per heavy atom. The number of carbonyl (C=O) groups excluding carboxylic acids is 2. The van der Waals surface area contributed by atoms with Gasteiger partial charge < -0.3 is 9.80 Å². The lowest BCUT2D eigenvalue weighted by atomic mass is 9.78. The van der Waals surface area contributed by atoms with E-state index in [1.165, 1.54) is 17.5 Å². The summed E-state index contributed by atoms with van der Waals surface area (Å²) in [4.78, 5) is 29.3. The summed E-state index contributed by atoms with van der Waals surface area (Å²) in [6, 6.07) is 0. The molecule has 23 heavy (non-hydrogen) atoms. The second-order valence-corrected chi connectivity index (χ2v) is 7.24. The number of likely N-dealkylation sites (tertiary alicyclic amines) is 2. The molecule has 3 aliphatic rings. The Labute approximate surface area is 135 Å². The van der Waals surface area contributed by atoms with Crippen LogP contribution in [0.25, 0.3) is 0 Å². The van der Waals surface area contributed by atoms with Gasteiger partial charge >= 0.3 is 0 Å². The van der Waals surface area contributed by atoms with Crippen LogP contribution in [0.15, 0.2) is 12.4 Å². The zero-order valence-corrected chi connectivity index (χ0v) is 13.4. The molecule has 124 valence electrons. The third-order valence-electron chi connectivity index (χ3n) is 5.48. The van der Waals surface area contributed by atoms with E-state index in [0.29, 0.717) is 13.1 Å². The highest BCUT2D eigenvalue weighted by Crippen LogP contribution is 2.41. The van der Waals surface area contributed by atoms with Gasteiger partial charge in [-0.05, 0) is 38.0 Å². The highest BCUT2D eigenvalue weighted by atomic mass is 16.2. The number of hydrogen-bond acceptors (Lipinski definition) is 4. The molecule has 0 N–H and O–H groups in total.